The maximum absolute atomic E-state index is 11.8. The predicted octanol–water partition coefficient (Wildman–Crippen LogP) is 2.36. The van der Waals surface area contributed by atoms with E-state index in [0.717, 1.165) is 11.1 Å². The fourth-order valence-electron chi connectivity index (χ4n) is 2.31. The van der Waals surface area contributed by atoms with Crippen molar-refractivity contribution in [3.8, 4) is 0 Å². The average molecular weight is 277 g/mol. The van der Waals surface area contributed by atoms with E-state index in [0.29, 0.717) is 13.2 Å². The summed E-state index contributed by atoms with van der Waals surface area (Å²) in [4.78, 5) is 25.0. The highest BCUT2D eigenvalue weighted by atomic mass is 16.6. The molecule has 1 aliphatic heterocycles. The lowest BCUT2D eigenvalue weighted by Gasteiger charge is -2.25. The van der Waals surface area contributed by atoms with Gasteiger partial charge in [0.1, 0.15) is 6.61 Å². The lowest BCUT2D eigenvalue weighted by Crippen LogP contribution is -2.31. The molecule has 1 aliphatic rings. The zero-order valence-corrected chi connectivity index (χ0v) is 12.0. The summed E-state index contributed by atoms with van der Waals surface area (Å²) in [6.07, 6.45) is -0.245. The molecule has 108 valence electrons. The third-order valence-electron chi connectivity index (χ3n) is 3.67. The van der Waals surface area contributed by atoms with E-state index in [4.69, 9.17) is 9.47 Å². The Kier molecular flexibility index (Phi) is 4.27. The Balaban J connectivity index is 2.31. The highest BCUT2D eigenvalue weighted by Crippen LogP contribution is 2.29. The van der Waals surface area contributed by atoms with Crippen LogP contribution in [0.3, 0.4) is 0 Å². The first-order valence-corrected chi connectivity index (χ1v) is 6.60. The van der Waals surface area contributed by atoms with E-state index < -0.39 is 0 Å². The summed E-state index contributed by atoms with van der Waals surface area (Å²) in [6.45, 7) is 4.89. The van der Waals surface area contributed by atoms with Gasteiger partial charge in [-0.15, -0.1) is 0 Å². The summed E-state index contributed by atoms with van der Waals surface area (Å²) in [7, 11) is 1.35. The monoisotopic (exact) mass is 277 g/mol. The van der Waals surface area contributed by atoms with Crippen LogP contribution in [0.1, 0.15) is 29.2 Å². The van der Waals surface area contributed by atoms with Crippen LogP contribution in [0.2, 0.25) is 0 Å². The van der Waals surface area contributed by atoms with E-state index in [9.17, 15) is 9.59 Å². The molecule has 0 radical (unpaired) electrons. The van der Waals surface area contributed by atoms with Gasteiger partial charge >= 0.3 is 12.1 Å². The Bertz CT molecular complexity index is 527. The maximum atomic E-state index is 11.8. The van der Waals surface area contributed by atoms with Crippen molar-refractivity contribution in [3.05, 3.63) is 34.9 Å². The van der Waals surface area contributed by atoms with Gasteiger partial charge in [-0.1, -0.05) is 18.2 Å². The van der Waals surface area contributed by atoms with Crippen LogP contribution in [-0.2, 0) is 14.3 Å². The molecule has 1 saturated heterocycles. The van der Waals surface area contributed by atoms with Crippen LogP contribution < -0.4 is 0 Å². The first-order valence-electron chi connectivity index (χ1n) is 6.60. The summed E-state index contributed by atoms with van der Waals surface area (Å²) in [6, 6.07) is 5.61. The number of amides is 1. The smallest absolute Gasteiger partial charge is 0.410 e. The van der Waals surface area contributed by atoms with E-state index in [-0.39, 0.29) is 24.5 Å². The molecular weight excluding hydrogens is 258 g/mol. The minimum atomic E-state index is -0.378. The van der Waals surface area contributed by atoms with Crippen molar-refractivity contribution in [1.82, 2.24) is 4.90 Å². The molecule has 5 heteroatoms. The third-order valence-corrected chi connectivity index (χ3v) is 3.67. The summed E-state index contributed by atoms with van der Waals surface area (Å²) in [5.41, 5.74) is 3.23. The Hall–Kier alpha value is -2.04. The number of methoxy groups -OCH3 is 1. The lowest BCUT2D eigenvalue weighted by atomic mass is 9.98. The van der Waals surface area contributed by atoms with Gasteiger partial charge < -0.3 is 9.47 Å². The van der Waals surface area contributed by atoms with E-state index in [1.807, 2.05) is 32.0 Å². The number of esters is 1. The van der Waals surface area contributed by atoms with Crippen molar-refractivity contribution in [2.45, 2.75) is 26.3 Å². The number of ether oxygens (including phenoxy) is 2. The van der Waals surface area contributed by atoms with Crippen LogP contribution in [0.15, 0.2) is 18.2 Å². The van der Waals surface area contributed by atoms with Crippen LogP contribution >= 0.6 is 0 Å². The molecular formula is C15H19NO4. The molecule has 0 spiro atoms. The number of carbonyl (C=O) groups is 2. The number of rotatable bonds is 4. The van der Waals surface area contributed by atoms with Gasteiger partial charge in [0.05, 0.1) is 26.1 Å². The van der Waals surface area contributed by atoms with E-state index >= 15 is 0 Å². The van der Waals surface area contributed by atoms with Crippen LogP contribution in [0.4, 0.5) is 4.79 Å². The maximum Gasteiger partial charge on any atom is 0.410 e. The first-order chi connectivity index (χ1) is 9.52. The molecule has 0 N–H and O–H groups in total. The van der Waals surface area contributed by atoms with Gasteiger partial charge in [0.25, 0.3) is 0 Å². The largest absolute Gasteiger partial charge is 0.469 e. The van der Waals surface area contributed by atoms with E-state index in [2.05, 4.69) is 0 Å². The molecule has 20 heavy (non-hydrogen) atoms. The molecule has 1 heterocycles. The number of aryl methyl sites for hydroxylation is 2. The molecule has 1 atom stereocenters. The van der Waals surface area contributed by atoms with E-state index in [1.54, 1.807) is 4.90 Å². The van der Waals surface area contributed by atoms with Crippen molar-refractivity contribution in [3.63, 3.8) is 0 Å². The summed E-state index contributed by atoms with van der Waals surface area (Å²) < 4.78 is 9.71. The second-order valence-corrected chi connectivity index (χ2v) is 4.95. The number of hydrogen-bond acceptors (Lipinski definition) is 4. The van der Waals surface area contributed by atoms with Gasteiger partial charge in [-0.3, -0.25) is 9.69 Å². The fourth-order valence-corrected chi connectivity index (χ4v) is 2.31. The number of benzene rings is 1. The highest BCUT2D eigenvalue weighted by molar-refractivity contribution is 5.74. The quantitative estimate of drug-likeness (QED) is 0.793. The Morgan fingerprint density at radius 2 is 2.15 bits per heavy atom. The van der Waals surface area contributed by atoms with Gasteiger partial charge in [-0.2, -0.15) is 0 Å². The molecule has 1 amide bonds. The minimum absolute atomic E-state index is 0.133. The second kappa shape index (κ2) is 5.94. The third kappa shape index (κ3) is 2.92. The van der Waals surface area contributed by atoms with Crippen molar-refractivity contribution in [2.24, 2.45) is 0 Å². The second-order valence-electron chi connectivity index (χ2n) is 4.95. The van der Waals surface area contributed by atoms with E-state index in [1.165, 1.54) is 12.7 Å². The molecule has 1 aromatic rings. The number of nitrogens with zero attached hydrogens (tertiary/aromatic N) is 1. The zero-order chi connectivity index (χ0) is 14.7. The number of hydrogen-bond donors (Lipinski definition) is 0. The normalized spacial score (nSPS) is 15.9. The average Bonchev–Trinajstić information content (AvgIpc) is 2.85. The molecule has 0 saturated carbocycles. The lowest BCUT2D eigenvalue weighted by molar-refractivity contribution is -0.141. The minimum Gasteiger partial charge on any atom is -0.469 e. The van der Waals surface area contributed by atoms with Gasteiger partial charge in [0, 0.05) is 0 Å². The summed E-state index contributed by atoms with van der Waals surface area (Å²) >= 11 is 0. The number of cyclic esters (lactones) is 1. The topological polar surface area (TPSA) is 55.8 Å². The predicted molar refractivity (Wildman–Crippen MR) is 73.3 cm³/mol. The van der Waals surface area contributed by atoms with Crippen molar-refractivity contribution in [1.29, 1.82) is 0 Å². The van der Waals surface area contributed by atoms with Gasteiger partial charge in [-0.05, 0) is 30.5 Å². The van der Waals surface area contributed by atoms with Crippen molar-refractivity contribution in [2.75, 3.05) is 20.3 Å². The molecule has 1 aromatic carbocycles. The summed E-state index contributed by atoms with van der Waals surface area (Å²) in [5.74, 6) is -0.340. The molecule has 5 nitrogen and oxygen atoms in total. The van der Waals surface area contributed by atoms with Crippen LogP contribution in [0, 0.1) is 13.8 Å². The molecule has 0 aliphatic carbocycles. The van der Waals surface area contributed by atoms with Crippen molar-refractivity contribution < 1.29 is 19.1 Å². The van der Waals surface area contributed by atoms with Crippen LogP contribution in [-0.4, -0.2) is 37.2 Å². The van der Waals surface area contributed by atoms with Gasteiger partial charge in [0.2, 0.25) is 0 Å². The standard InChI is InChI=1S/C15H19NO4/c1-10-4-5-12(8-11(10)2)13(9-14(17)19-3)16-6-7-20-15(16)18/h4-5,8,13H,6-7,9H2,1-3H3/t13-/m1/s1. The van der Waals surface area contributed by atoms with Gasteiger partial charge in [-0.25, -0.2) is 4.79 Å². The zero-order valence-electron chi connectivity index (χ0n) is 12.0. The molecule has 0 bridgehead atoms. The number of carbonyl (C=O) groups excluding carboxylic acids is 2. The molecule has 0 aromatic heterocycles. The molecule has 2 rings (SSSR count). The van der Waals surface area contributed by atoms with Crippen LogP contribution in [0.5, 0.6) is 0 Å². The van der Waals surface area contributed by atoms with Gasteiger partial charge in [0.15, 0.2) is 0 Å². The SMILES string of the molecule is COC(=O)C[C@H](c1ccc(C)c(C)c1)N1CCOC1=O. The molecule has 1 fully saturated rings. The highest BCUT2D eigenvalue weighted by Gasteiger charge is 2.32. The van der Waals surface area contributed by atoms with Crippen molar-refractivity contribution >= 4 is 12.1 Å². The first kappa shape index (κ1) is 14.4. The Morgan fingerprint density at radius 3 is 2.70 bits per heavy atom. The van der Waals surface area contributed by atoms with Crippen LogP contribution in [0.25, 0.3) is 0 Å². The summed E-state index contributed by atoms with van der Waals surface area (Å²) in [5, 5.41) is 0. The molecule has 0 unspecified atom stereocenters. The Morgan fingerprint density at radius 1 is 1.40 bits per heavy atom. The fraction of sp³-hybridized carbons (Fsp3) is 0.467. The Labute approximate surface area is 118 Å².